The molecule has 0 saturated carbocycles. The molecule has 90 valence electrons. The molecule has 0 saturated heterocycles. The summed E-state index contributed by atoms with van der Waals surface area (Å²) < 4.78 is 0. The summed E-state index contributed by atoms with van der Waals surface area (Å²) >= 11 is 3.49. The third kappa shape index (κ3) is 4.94. The lowest BCUT2D eigenvalue weighted by Gasteiger charge is -1.98. The van der Waals surface area contributed by atoms with Crippen molar-refractivity contribution in [3.63, 3.8) is 0 Å². The third-order valence-electron chi connectivity index (χ3n) is 2.20. The van der Waals surface area contributed by atoms with E-state index in [4.69, 9.17) is 5.41 Å². The molecular formula is C13H15ClNS2+. The van der Waals surface area contributed by atoms with Gasteiger partial charge >= 0.3 is 0 Å². The van der Waals surface area contributed by atoms with Crippen LogP contribution in [0.5, 0.6) is 0 Å². The van der Waals surface area contributed by atoms with Crippen molar-refractivity contribution in [2.75, 3.05) is 0 Å². The number of thioether (sulfide) groups is 1. The first kappa shape index (κ1) is 14.3. The van der Waals surface area contributed by atoms with E-state index >= 15 is 0 Å². The second-order valence-electron chi connectivity index (χ2n) is 3.50. The molecular weight excluding hydrogens is 270 g/mol. The van der Waals surface area contributed by atoms with Crippen molar-refractivity contribution in [3.8, 4) is 0 Å². The van der Waals surface area contributed by atoms with Crippen LogP contribution >= 0.6 is 35.5 Å². The van der Waals surface area contributed by atoms with Crippen molar-refractivity contribution >= 4 is 40.5 Å². The van der Waals surface area contributed by atoms with Crippen LogP contribution < -0.4 is 5.41 Å². The lowest BCUT2D eigenvalue weighted by Crippen LogP contribution is -2.38. The molecule has 1 nitrogen and oxygen atoms in total. The first-order valence-corrected chi connectivity index (χ1v) is 7.01. The van der Waals surface area contributed by atoms with Crippen LogP contribution in [0.15, 0.2) is 47.8 Å². The van der Waals surface area contributed by atoms with Crippen LogP contribution in [0.1, 0.15) is 10.4 Å². The molecule has 2 rings (SSSR count). The molecule has 0 bridgehead atoms. The molecule has 0 spiro atoms. The van der Waals surface area contributed by atoms with Gasteiger partial charge in [0, 0.05) is 10.6 Å². The molecule has 2 aromatic rings. The quantitative estimate of drug-likeness (QED) is 0.678. The average molecular weight is 285 g/mol. The number of benzene rings is 1. The number of thiophene rings is 1. The molecule has 4 heteroatoms. The van der Waals surface area contributed by atoms with Crippen molar-refractivity contribution in [1.29, 1.82) is 0 Å². The fourth-order valence-corrected chi connectivity index (χ4v) is 3.01. The van der Waals surface area contributed by atoms with Crippen molar-refractivity contribution in [1.82, 2.24) is 0 Å². The first-order chi connectivity index (χ1) is 7.84. The molecule has 0 fully saturated rings. The highest BCUT2D eigenvalue weighted by Crippen LogP contribution is 2.16. The van der Waals surface area contributed by atoms with Gasteiger partial charge in [-0.1, -0.05) is 48.2 Å². The summed E-state index contributed by atoms with van der Waals surface area (Å²) in [6, 6.07) is 14.6. The van der Waals surface area contributed by atoms with Gasteiger partial charge in [0.2, 0.25) is 5.04 Å². The van der Waals surface area contributed by atoms with E-state index in [1.165, 1.54) is 10.4 Å². The Morgan fingerprint density at radius 2 is 1.88 bits per heavy atom. The van der Waals surface area contributed by atoms with Crippen molar-refractivity contribution in [2.24, 2.45) is 0 Å². The number of halogens is 1. The molecule has 0 aliphatic carbocycles. The van der Waals surface area contributed by atoms with Crippen LogP contribution in [0.2, 0.25) is 0 Å². The number of nitrogens with two attached hydrogens (primary N) is 1. The zero-order valence-electron chi connectivity index (χ0n) is 9.34. The molecule has 0 atom stereocenters. The van der Waals surface area contributed by atoms with Crippen LogP contribution in [-0.4, -0.2) is 5.04 Å². The maximum Gasteiger partial charge on any atom is 0.212 e. The Morgan fingerprint density at radius 3 is 2.53 bits per heavy atom. The minimum atomic E-state index is 0. The summed E-state index contributed by atoms with van der Waals surface area (Å²) in [5, 5.41) is 9.08. The summed E-state index contributed by atoms with van der Waals surface area (Å²) in [6.07, 6.45) is 0.884. The van der Waals surface area contributed by atoms with Gasteiger partial charge in [-0.3, -0.25) is 5.41 Å². The maximum absolute atomic E-state index is 6.00. The summed E-state index contributed by atoms with van der Waals surface area (Å²) in [5.74, 6) is 0.956. The fraction of sp³-hybridized carbons (Fsp3) is 0.154. The third-order valence-corrected chi connectivity index (χ3v) is 4.06. The molecule has 0 aliphatic rings. The van der Waals surface area contributed by atoms with E-state index in [0.29, 0.717) is 0 Å². The van der Waals surface area contributed by atoms with E-state index in [9.17, 15) is 0 Å². The van der Waals surface area contributed by atoms with Gasteiger partial charge in [-0.15, -0.1) is 23.7 Å². The van der Waals surface area contributed by atoms with E-state index < -0.39 is 0 Å². The van der Waals surface area contributed by atoms with Crippen molar-refractivity contribution < 1.29 is 5.41 Å². The van der Waals surface area contributed by atoms with E-state index in [-0.39, 0.29) is 12.4 Å². The zero-order chi connectivity index (χ0) is 11.2. The van der Waals surface area contributed by atoms with Crippen LogP contribution in [0, 0.1) is 0 Å². The second kappa shape index (κ2) is 7.54. The molecule has 0 amide bonds. The van der Waals surface area contributed by atoms with Crippen molar-refractivity contribution in [3.05, 3.63) is 58.3 Å². The molecule has 2 N–H and O–H groups in total. The molecule has 0 aliphatic heterocycles. The highest BCUT2D eigenvalue weighted by atomic mass is 35.5. The Balaban J connectivity index is 0.00000144. The minimum absolute atomic E-state index is 0. The van der Waals surface area contributed by atoms with E-state index in [1.54, 1.807) is 23.1 Å². The van der Waals surface area contributed by atoms with Gasteiger partial charge in [0.1, 0.15) is 0 Å². The predicted octanol–water partition coefficient (Wildman–Crippen LogP) is 2.80. The maximum atomic E-state index is 6.00. The van der Waals surface area contributed by atoms with Crippen LogP contribution in [0.25, 0.3) is 0 Å². The molecule has 0 unspecified atom stereocenters. The molecule has 17 heavy (non-hydrogen) atoms. The van der Waals surface area contributed by atoms with E-state index in [0.717, 1.165) is 17.2 Å². The lowest BCUT2D eigenvalue weighted by atomic mass is 10.2. The highest BCUT2D eigenvalue weighted by molar-refractivity contribution is 8.12. The second-order valence-corrected chi connectivity index (χ2v) is 5.63. The summed E-state index contributed by atoms with van der Waals surface area (Å²) in [4.78, 5) is 1.33. The molecule has 1 heterocycles. The van der Waals surface area contributed by atoms with Gasteiger partial charge in [-0.2, -0.15) is 0 Å². The zero-order valence-corrected chi connectivity index (χ0v) is 11.8. The van der Waals surface area contributed by atoms with Gasteiger partial charge in [-0.05, 0) is 17.0 Å². The fourth-order valence-electron chi connectivity index (χ4n) is 1.39. The van der Waals surface area contributed by atoms with Gasteiger partial charge < -0.3 is 0 Å². The summed E-state index contributed by atoms with van der Waals surface area (Å²) in [5.41, 5.74) is 1.32. The standard InChI is InChI=1S/C13H13NS2.ClH/c14-13(9-12-7-4-8-15-12)16-10-11-5-2-1-3-6-11;/h1-8,14H,9-10H2;1H/p+1. The molecule has 1 aromatic carbocycles. The van der Waals surface area contributed by atoms with Gasteiger partial charge in [0.05, 0.1) is 6.42 Å². The Kier molecular flexibility index (Phi) is 6.34. The monoisotopic (exact) mass is 284 g/mol. The number of hydrogen-bond donors (Lipinski definition) is 1. The van der Waals surface area contributed by atoms with Gasteiger partial charge in [0.25, 0.3) is 0 Å². The minimum Gasteiger partial charge on any atom is -0.252 e. The largest absolute Gasteiger partial charge is 0.252 e. The van der Waals surface area contributed by atoms with Crippen LogP contribution in [-0.2, 0) is 12.2 Å². The topological polar surface area (TPSA) is 25.6 Å². The average Bonchev–Trinajstić information content (AvgIpc) is 2.81. The van der Waals surface area contributed by atoms with E-state index in [2.05, 4.69) is 41.8 Å². The Labute approximate surface area is 116 Å². The summed E-state index contributed by atoms with van der Waals surface area (Å²) in [6.45, 7) is 0. The lowest BCUT2D eigenvalue weighted by molar-refractivity contribution is -0.110. The summed E-state index contributed by atoms with van der Waals surface area (Å²) in [7, 11) is 0. The molecule has 0 radical (unpaired) electrons. The predicted molar refractivity (Wildman–Crippen MR) is 79.9 cm³/mol. The van der Waals surface area contributed by atoms with Crippen molar-refractivity contribution in [2.45, 2.75) is 12.2 Å². The Hall–Kier alpha value is -0.770. The smallest absolute Gasteiger partial charge is 0.212 e. The number of rotatable bonds is 4. The van der Waals surface area contributed by atoms with Crippen LogP contribution in [0.3, 0.4) is 0 Å². The van der Waals surface area contributed by atoms with E-state index in [1.807, 2.05) is 6.07 Å². The molecule has 1 aromatic heterocycles. The highest BCUT2D eigenvalue weighted by Gasteiger charge is 2.06. The number of hydrogen-bond acceptors (Lipinski definition) is 2. The van der Waals surface area contributed by atoms with Gasteiger partial charge in [0.15, 0.2) is 0 Å². The SMILES string of the molecule is Cl.[NH2+]=C(Cc1cccs1)SCc1ccccc1. The Bertz CT molecular complexity index is 440. The van der Waals surface area contributed by atoms with Gasteiger partial charge in [-0.25, -0.2) is 0 Å². The normalized spacial score (nSPS) is 9.65. The first-order valence-electron chi connectivity index (χ1n) is 5.15. The Morgan fingerprint density at radius 1 is 1.12 bits per heavy atom. The van der Waals surface area contributed by atoms with Crippen LogP contribution in [0.4, 0.5) is 0 Å².